The molecule has 15 heavy (non-hydrogen) atoms. The molecule has 0 aliphatic rings. The van der Waals surface area contributed by atoms with Crippen LogP contribution in [0.15, 0.2) is 41.1 Å². The molecule has 0 fully saturated rings. The van der Waals surface area contributed by atoms with Crippen LogP contribution in [0.1, 0.15) is 11.4 Å². The van der Waals surface area contributed by atoms with E-state index in [1.807, 2.05) is 41.1 Å². The minimum Gasteiger partial charge on any atom is -0.317 e. The van der Waals surface area contributed by atoms with Crippen molar-refractivity contribution in [2.75, 3.05) is 0 Å². The number of nitrogens with zero attached hydrogens (tertiary/aromatic N) is 3. The summed E-state index contributed by atoms with van der Waals surface area (Å²) in [7, 11) is 0. The van der Waals surface area contributed by atoms with E-state index in [1.54, 1.807) is 0 Å². The average Bonchev–Trinajstić information content (AvgIpc) is 2.60. The van der Waals surface area contributed by atoms with Crippen molar-refractivity contribution in [3.05, 3.63) is 52.5 Å². The number of benzene rings is 1. The van der Waals surface area contributed by atoms with E-state index in [0.717, 1.165) is 5.56 Å². The molecule has 1 aromatic heterocycles. The highest BCUT2D eigenvalue weighted by Crippen LogP contribution is 2.11. The van der Waals surface area contributed by atoms with Gasteiger partial charge in [0.25, 0.3) is 0 Å². The molecule has 0 N–H and O–H groups in total. The van der Waals surface area contributed by atoms with Gasteiger partial charge in [0.2, 0.25) is 5.82 Å². The molecule has 1 heterocycles. The van der Waals surface area contributed by atoms with Gasteiger partial charge in [0.15, 0.2) is 0 Å². The molecule has 4 heteroatoms. The smallest absolute Gasteiger partial charge is 0.214 e. The van der Waals surface area contributed by atoms with Gasteiger partial charge in [0, 0.05) is 12.7 Å². The molecular weight excluding hydrogens is 254 g/mol. The van der Waals surface area contributed by atoms with Gasteiger partial charge in [0.05, 0.1) is 0 Å². The number of hydrogen-bond donors (Lipinski definition) is 0. The first-order valence-electron chi connectivity index (χ1n) is 4.46. The van der Waals surface area contributed by atoms with Crippen molar-refractivity contribution in [2.45, 2.75) is 6.54 Å². The largest absolute Gasteiger partial charge is 0.317 e. The molecular formula is C11H8BrN3. The minimum absolute atomic E-state index is 0.422. The van der Waals surface area contributed by atoms with Crippen molar-refractivity contribution in [1.29, 1.82) is 5.26 Å². The van der Waals surface area contributed by atoms with Crippen molar-refractivity contribution in [3.8, 4) is 6.07 Å². The summed E-state index contributed by atoms with van der Waals surface area (Å²) in [4.78, 5) is 4.04. The monoisotopic (exact) mass is 261 g/mol. The summed E-state index contributed by atoms with van der Waals surface area (Å²) in [6, 6.07) is 12.0. The molecule has 3 nitrogen and oxygen atoms in total. The summed E-state index contributed by atoms with van der Waals surface area (Å²) in [6.07, 6.45) is 1.81. The SMILES string of the molecule is N#Cc1nc(Br)cn1Cc1ccccc1. The zero-order chi connectivity index (χ0) is 10.7. The Morgan fingerprint density at radius 1 is 1.33 bits per heavy atom. The summed E-state index contributed by atoms with van der Waals surface area (Å²) in [6.45, 7) is 0.669. The standard InChI is InChI=1S/C11H8BrN3/c12-10-8-15(11(6-13)14-10)7-9-4-2-1-3-5-9/h1-5,8H,7H2. The van der Waals surface area contributed by atoms with Crippen molar-refractivity contribution < 1.29 is 0 Å². The van der Waals surface area contributed by atoms with E-state index in [2.05, 4.69) is 27.0 Å². The first-order valence-corrected chi connectivity index (χ1v) is 5.25. The van der Waals surface area contributed by atoms with Crippen molar-refractivity contribution >= 4 is 15.9 Å². The van der Waals surface area contributed by atoms with Crippen LogP contribution in [0.25, 0.3) is 0 Å². The Hall–Kier alpha value is -1.60. The Kier molecular flexibility index (Phi) is 2.84. The third kappa shape index (κ3) is 2.25. The first-order chi connectivity index (χ1) is 7.29. The molecule has 0 aliphatic heterocycles. The van der Waals surface area contributed by atoms with Gasteiger partial charge >= 0.3 is 0 Å². The highest BCUT2D eigenvalue weighted by atomic mass is 79.9. The van der Waals surface area contributed by atoms with Crippen LogP contribution in [0, 0.1) is 11.3 Å². The number of imidazole rings is 1. The lowest BCUT2D eigenvalue weighted by Gasteiger charge is -2.02. The van der Waals surface area contributed by atoms with E-state index in [9.17, 15) is 0 Å². The number of nitriles is 1. The van der Waals surface area contributed by atoms with E-state index in [1.165, 1.54) is 0 Å². The van der Waals surface area contributed by atoms with E-state index in [4.69, 9.17) is 5.26 Å². The van der Waals surface area contributed by atoms with Gasteiger partial charge in [-0.2, -0.15) is 5.26 Å². The van der Waals surface area contributed by atoms with Gasteiger partial charge in [-0.15, -0.1) is 0 Å². The van der Waals surface area contributed by atoms with Gasteiger partial charge < -0.3 is 4.57 Å². The third-order valence-electron chi connectivity index (χ3n) is 2.04. The summed E-state index contributed by atoms with van der Waals surface area (Å²) < 4.78 is 2.51. The molecule has 0 spiro atoms. The quantitative estimate of drug-likeness (QED) is 0.834. The Morgan fingerprint density at radius 3 is 2.73 bits per heavy atom. The molecule has 0 radical (unpaired) electrons. The number of hydrogen-bond acceptors (Lipinski definition) is 2. The lowest BCUT2D eigenvalue weighted by atomic mass is 10.2. The molecule has 0 amide bonds. The zero-order valence-electron chi connectivity index (χ0n) is 7.89. The highest BCUT2D eigenvalue weighted by molar-refractivity contribution is 9.10. The summed E-state index contributed by atoms with van der Waals surface area (Å²) in [5.74, 6) is 0.422. The van der Waals surface area contributed by atoms with Crippen molar-refractivity contribution in [1.82, 2.24) is 9.55 Å². The molecule has 74 valence electrons. The van der Waals surface area contributed by atoms with E-state index < -0.39 is 0 Å². The van der Waals surface area contributed by atoms with Crippen LogP contribution in [0.4, 0.5) is 0 Å². The molecule has 0 saturated heterocycles. The second-order valence-electron chi connectivity index (χ2n) is 3.11. The molecule has 0 aliphatic carbocycles. The minimum atomic E-state index is 0.422. The van der Waals surface area contributed by atoms with Crippen LogP contribution in [-0.4, -0.2) is 9.55 Å². The topological polar surface area (TPSA) is 41.6 Å². The summed E-state index contributed by atoms with van der Waals surface area (Å²) >= 11 is 3.25. The fourth-order valence-corrected chi connectivity index (χ4v) is 1.79. The number of aromatic nitrogens is 2. The lowest BCUT2D eigenvalue weighted by Crippen LogP contribution is -2.00. The van der Waals surface area contributed by atoms with E-state index >= 15 is 0 Å². The molecule has 0 bridgehead atoms. The summed E-state index contributed by atoms with van der Waals surface area (Å²) in [5.41, 5.74) is 1.15. The van der Waals surface area contributed by atoms with E-state index in [-0.39, 0.29) is 0 Å². The van der Waals surface area contributed by atoms with Crippen molar-refractivity contribution in [3.63, 3.8) is 0 Å². The Balaban J connectivity index is 2.29. The second kappa shape index (κ2) is 4.28. The fraction of sp³-hybridized carbons (Fsp3) is 0.0909. The van der Waals surface area contributed by atoms with Gasteiger partial charge in [-0.3, -0.25) is 0 Å². The van der Waals surface area contributed by atoms with Gasteiger partial charge in [-0.1, -0.05) is 30.3 Å². The Morgan fingerprint density at radius 2 is 2.07 bits per heavy atom. The van der Waals surface area contributed by atoms with E-state index in [0.29, 0.717) is 17.0 Å². The molecule has 1 aromatic carbocycles. The molecule has 0 saturated carbocycles. The fourth-order valence-electron chi connectivity index (χ4n) is 1.37. The predicted octanol–water partition coefficient (Wildman–Crippen LogP) is 2.57. The van der Waals surface area contributed by atoms with Crippen LogP contribution in [0.2, 0.25) is 0 Å². The maximum atomic E-state index is 8.86. The Labute approximate surface area is 96.1 Å². The Bertz CT molecular complexity index is 496. The van der Waals surface area contributed by atoms with Gasteiger partial charge in [0.1, 0.15) is 10.7 Å². The van der Waals surface area contributed by atoms with Crippen LogP contribution >= 0.6 is 15.9 Å². The summed E-state index contributed by atoms with van der Waals surface area (Å²) in [5, 5.41) is 8.86. The molecule has 2 aromatic rings. The third-order valence-corrected chi connectivity index (χ3v) is 2.42. The highest BCUT2D eigenvalue weighted by Gasteiger charge is 2.05. The van der Waals surface area contributed by atoms with Crippen LogP contribution in [0.3, 0.4) is 0 Å². The first kappa shape index (κ1) is 9.94. The lowest BCUT2D eigenvalue weighted by molar-refractivity contribution is 0.782. The molecule has 0 unspecified atom stereocenters. The van der Waals surface area contributed by atoms with Gasteiger partial charge in [-0.05, 0) is 21.5 Å². The maximum Gasteiger partial charge on any atom is 0.214 e. The van der Waals surface area contributed by atoms with Crippen molar-refractivity contribution in [2.24, 2.45) is 0 Å². The number of rotatable bonds is 2. The second-order valence-corrected chi connectivity index (χ2v) is 3.93. The van der Waals surface area contributed by atoms with Gasteiger partial charge in [-0.25, -0.2) is 4.98 Å². The average molecular weight is 262 g/mol. The normalized spacial score (nSPS) is 9.87. The predicted molar refractivity (Wildman–Crippen MR) is 60.2 cm³/mol. The van der Waals surface area contributed by atoms with Crippen LogP contribution < -0.4 is 0 Å². The maximum absolute atomic E-state index is 8.86. The number of halogens is 1. The molecule has 0 atom stereocenters. The molecule has 2 rings (SSSR count). The van der Waals surface area contributed by atoms with Crippen LogP contribution in [0.5, 0.6) is 0 Å². The van der Waals surface area contributed by atoms with Crippen LogP contribution in [-0.2, 0) is 6.54 Å². The zero-order valence-corrected chi connectivity index (χ0v) is 9.48.